The lowest BCUT2D eigenvalue weighted by Crippen LogP contribution is -2.00. The van der Waals surface area contributed by atoms with E-state index in [1.54, 1.807) is 18.3 Å². The molecule has 0 aliphatic carbocycles. The summed E-state index contributed by atoms with van der Waals surface area (Å²) >= 11 is 1.16. The number of carboxylic acids is 1. The van der Waals surface area contributed by atoms with Gasteiger partial charge in [-0.05, 0) is 19.1 Å². The predicted molar refractivity (Wildman–Crippen MR) is 53.8 cm³/mol. The van der Waals surface area contributed by atoms with Gasteiger partial charge in [0.05, 0.1) is 12.4 Å². The van der Waals surface area contributed by atoms with Gasteiger partial charge in [0.2, 0.25) is 0 Å². The van der Waals surface area contributed by atoms with Crippen molar-refractivity contribution in [1.29, 1.82) is 0 Å². The lowest BCUT2D eigenvalue weighted by atomic mass is 10.5. The molecule has 1 rings (SSSR count). The number of thioether (sulfide) groups is 1. The standard InChI is InChI=1S/C9H11NO3S/c1-2-13-7-4-3-5-10-9(7)14-6-8(11)12/h3-5H,2,6H2,1H3,(H,11,12). The van der Waals surface area contributed by atoms with E-state index in [1.165, 1.54) is 0 Å². The van der Waals surface area contributed by atoms with E-state index < -0.39 is 5.97 Å². The molecule has 0 aromatic carbocycles. The number of carboxylic acid groups (broad SMARTS) is 1. The van der Waals surface area contributed by atoms with Crippen molar-refractivity contribution in [3.05, 3.63) is 18.3 Å². The van der Waals surface area contributed by atoms with Crippen molar-refractivity contribution in [3.63, 3.8) is 0 Å². The highest BCUT2D eigenvalue weighted by Crippen LogP contribution is 2.26. The SMILES string of the molecule is CCOc1cccnc1SCC(=O)O. The van der Waals surface area contributed by atoms with Crippen molar-refractivity contribution in [1.82, 2.24) is 4.98 Å². The number of carbonyl (C=O) groups is 1. The quantitative estimate of drug-likeness (QED) is 0.754. The maximum Gasteiger partial charge on any atom is 0.313 e. The number of pyridine rings is 1. The van der Waals surface area contributed by atoms with Crippen LogP contribution in [-0.2, 0) is 4.79 Å². The molecule has 0 bridgehead atoms. The molecule has 0 saturated heterocycles. The van der Waals surface area contributed by atoms with Crippen molar-refractivity contribution < 1.29 is 14.6 Å². The molecule has 1 aromatic heterocycles. The Kier molecular flexibility index (Phi) is 4.25. The minimum Gasteiger partial charge on any atom is -0.491 e. The Balaban J connectivity index is 2.68. The van der Waals surface area contributed by atoms with Crippen molar-refractivity contribution >= 4 is 17.7 Å². The number of aliphatic carboxylic acids is 1. The second-order valence-corrected chi connectivity index (χ2v) is 3.39. The molecule has 1 aromatic rings. The highest BCUT2D eigenvalue weighted by molar-refractivity contribution is 8.00. The van der Waals surface area contributed by atoms with Crippen LogP contribution >= 0.6 is 11.8 Å². The molecule has 76 valence electrons. The summed E-state index contributed by atoms with van der Waals surface area (Å²) in [6.07, 6.45) is 1.62. The number of rotatable bonds is 5. The zero-order chi connectivity index (χ0) is 10.4. The third kappa shape index (κ3) is 3.26. The molecule has 4 nitrogen and oxygen atoms in total. The number of nitrogens with zero attached hydrogens (tertiary/aromatic N) is 1. The molecule has 0 atom stereocenters. The van der Waals surface area contributed by atoms with Gasteiger partial charge in [-0.15, -0.1) is 0 Å². The normalized spacial score (nSPS) is 9.79. The molecular formula is C9H11NO3S. The molecule has 0 radical (unpaired) electrons. The molecular weight excluding hydrogens is 202 g/mol. The first-order chi connectivity index (χ1) is 6.74. The topological polar surface area (TPSA) is 59.4 Å². The summed E-state index contributed by atoms with van der Waals surface area (Å²) in [5.74, 6) is -0.221. The molecule has 5 heteroatoms. The first-order valence-corrected chi connectivity index (χ1v) is 5.15. The van der Waals surface area contributed by atoms with Gasteiger partial charge in [-0.1, -0.05) is 11.8 Å². The first-order valence-electron chi connectivity index (χ1n) is 4.16. The summed E-state index contributed by atoms with van der Waals surface area (Å²) in [4.78, 5) is 14.4. The van der Waals surface area contributed by atoms with Crippen LogP contribution in [0, 0.1) is 0 Å². The van der Waals surface area contributed by atoms with E-state index in [2.05, 4.69) is 4.98 Å². The zero-order valence-electron chi connectivity index (χ0n) is 7.77. The van der Waals surface area contributed by atoms with Gasteiger partial charge in [0.1, 0.15) is 5.03 Å². The third-order valence-electron chi connectivity index (χ3n) is 1.37. The molecule has 0 fully saturated rings. The van der Waals surface area contributed by atoms with Crippen LogP contribution in [0.5, 0.6) is 5.75 Å². The summed E-state index contributed by atoms with van der Waals surface area (Å²) < 4.78 is 5.29. The van der Waals surface area contributed by atoms with E-state index in [4.69, 9.17) is 9.84 Å². The van der Waals surface area contributed by atoms with Crippen LogP contribution in [0.4, 0.5) is 0 Å². The fourth-order valence-electron chi connectivity index (χ4n) is 0.880. The van der Waals surface area contributed by atoms with Gasteiger partial charge in [-0.3, -0.25) is 4.79 Å². The smallest absolute Gasteiger partial charge is 0.313 e. The van der Waals surface area contributed by atoms with Crippen LogP contribution in [0.3, 0.4) is 0 Å². The Morgan fingerprint density at radius 2 is 2.50 bits per heavy atom. The maximum absolute atomic E-state index is 10.4. The molecule has 0 spiro atoms. The Labute approximate surface area is 86.3 Å². The summed E-state index contributed by atoms with van der Waals surface area (Å²) in [5.41, 5.74) is 0. The van der Waals surface area contributed by atoms with Gasteiger partial charge in [-0.2, -0.15) is 0 Å². The van der Waals surface area contributed by atoms with E-state index in [0.717, 1.165) is 11.8 Å². The Morgan fingerprint density at radius 3 is 3.14 bits per heavy atom. The minimum atomic E-state index is -0.858. The lowest BCUT2D eigenvalue weighted by Gasteiger charge is -2.06. The molecule has 0 aliphatic rings. The van der Waals surface area contributed by atoms with Gasteiger partial charge in [0.15, 0.2) is 5.75 Å². The van der Waals surface area contributed by atoms with Gasteiger partial charge < -0.3 is 9.84 Å². The van der Waals surface area contributed by atoms with Crippen LogP contribution in [0.2, 0.25) is 0 Å². The third-order valence-corrected chi connectivity index (χ3v) is 2.34. The molecule has 1 N–H and O–H groups in total. The molecule has 14 heavy (non-hydrogen) atoms. The molecule has 0 saturated carbocycles. The summed E-state index contributed by atoms with van der Waals surface area (Å²) in [5, 5.41) is 9.13. The van der Waals surface area contributed by atoms with E-state index >= 15 is 0 Å². The number of aromatic nitrogens is 1. The van der Waals surface area contributed by atoms with E-state index in [0.29, 0.717) is 17.4 Å². The average molecular weight is 213 g/mol. The number of ether oxygens (including phenoxy) is 1. The van der Waals surface area contributed by atoms with Crippen LogP contribution in [-0.4, -0.2) is 28.4 Å². The average Bonchev–Trinajstić information content (AvgIpc) is 2.17. The minimum absolute atomic E-state index is 0.00289. The molecule has 0 amide bonds. The monoisotopic (exact) mass is 213 g/mol. The van der Waals surface area contributed by atoms with Crippen LogP contribution in [0.25, 0.3) is 0 Å². The van der Waals surface area contributed by atoms with Crippen LogP contribution in [0.1, 0.15) is 6.92 Å². The summed E-state index contributed by atoms with van der Waals surface area (Å²) in [6, 6.07) is 3.54. The van der Waals surface area contributed by atoms with Crippen molar-refractivity contribution in [3.8, 4) is 5.75 Å². The van der Waals surface area contributed by atoms with E-state index in [1.807, 2.05) is 6.92 Å². The highest BCUT2D eigenvalue weighted by atomic mass is 32.2. The maximum atomic E-state index is 10.4. The molecule has 0 aliphatic heterocycles. The zero-order valence-corrected chi connectivity index (χ0v) is 8.58. The number of hydrogen-bond donors (Lipinski definition) is 1. The largest absolute Gasteiger partial charge is 0.491 e. The fourth-order valence-corrected chi connectivity index (χ4v) is 1.54. The number of hydrogen-bond acceptors (Lipinski definition) is 4. The van der Waals surface area contributed by atoms with E-state index in [-0.39, 0.29) is 5.75 Å². The van der Waals surface area contributed by atoms with Crippen molar-refractivity contribution in [2.24, 2.45) is 0 Å². The van der Waals surface area contributed by atoms with Gasteiger partial charge in [0.25, 0.3) is 0 Å². The summed E-state index contributed by atoms with van der Waals surface area (Å²) in [6.45, 7) is 2.42. The van der Waals surface area contributed by atoms with Gasteiger partial charge in [-0.25, -0.2) is 4.98 Å². The lowest BCUT2D eigenvalue weighted by molar-refractivity contribution is -0.133. The molecule has 0 unspecified atom stereocenters. The summed E-state index contributed by atoms with van der Waals surface area (Å²) in [7, 11) is 0. The Bertz CT molecular complexity index is 317. The van der Waals surface area contributed by atoms with Crippen molar-refractivity contribution in [2.45, 2.75) is 11.9 Å². The van der Waals surface area contributed by atoms with Crippen LogP contribution in [0.15, 0.2) is 23.4 Å². The first kappa shape index (κ1) is 10.8. The van der Waals surface area contributed by atoms with Crippen molar-refractivity contribution in [2.75, 3.05) is 12.4 Å². The highest BCUT2D eigenvalue weighted by Gasteiger charge is 2.06. The Hall–Kier alpha value is -1.23. The fraction of sp³-hybridized carbons (Fsp3) is 0.333. The van der Waals surface area contributed by atoms with Gasteiger partial charge >= 0.3 is 5.97 Å². The van der Waals surface area contributed by atoms with Gasteiger partial charge in [0, 0.05) is 6.20 Å². The van der Waals surface area contributed by atoms with Crippen LogP contribution < -0.4 is 4.74 Å². The van der Waals surface area contributed by atoms with E-state index in [9.17, 15) is 4.79 Å². The second kappa shape index (κ2) is 5.49. The molecule has 1 heterocycles. The predicted octanol–water partition coefficient (Wildman–Crippen LogP) is 1.66. The Morgan fingerprint density at radius 1 is 1.71 bits per heavy atom. The second-order valence-electron chi connectivity index (χ2n) is 2.42.